The molecule has 6 heteroatoms. The second-order valence-corrected chi connectivity index (χ2v) is 7.37. The number of benzene rings is 1. The van der Waals surface area contributed by atoms with Gasteiger partial charge < -0.3 is 14.8 Å². The zero-order chi connectivity index (χ0) is 19.0. The lowest BCUT2D eigenvalue weighted by Gasteiger charge is -2.31. The van der Waals surface area contributed by atoms with Crippen LogP contribution in [-0.2, 0) is 11.8 Å². The second kappa shape index (κ2) is 6.76. The van der Waals surface area contributed by atoms with Crippen LogP contribution < -0.4 is 14.8 Å². The van der Waals surface area contributed by atoms with Crippen molar-refractivity contribution in [2.24, 2.45) is 7.05 Å². The third kappa shape index (κ3) is 3.44. The monoisotopic (exact) mass is 367 g/mol. The summed E-state index contributed by atoms with van der Waals surface area (Å²) in [5, 5.41) is 7.25. The molecule has 1 aromatic heterocycles. The minimum atomic E-state index is -0.502. The van der Waals surface area contributed by atoms with Gasteiger partial charge in [-0.15, -0.1) is 0 Å². The number of nitrogens with one attached hydrogen (secondary N) is 1. The van der Waals surface area contributed by atoms with Gasteiger partial charge in [-0.3, -0.25) is 9.48 Å². The summed E-state index contributed by atoms with van der Waals surface area (Å²) in [6.07, 6.45) is 8.63. The van der Waals surface area contributed by atoms with Gasteiger partial charge in [0.1, 0.15) is 0 Å². The third-order valence-electron chi connectivity index (χ3n) is 5.38. The van der Waals surface area contributed by atoms with Gasteiger partial charge in [0.25, 0.3) is 5.79 Å². The van der Waals surface area contributed by atoms with E-state index < -0.39 is 5.79 Å². The van der Waals surface area contributed by atoms with Gasteiger partial charge in [0.05, 0.1) is 5.69 Å². The predicted molar refractivity (Wildman–Crippen MR) is 104 cm³/mol. The summed E-state index contributed by atoms with van der Waals surface area (Å²) in [4.78, 5) is 12.3. The van der Waals surface area contributed by atoms with Crippen molar-refractivity contribution in [2.75, 3.05) is 5.32 Å². The van der Waals surface area contributed by atoms with Gasteiger partial charge in [-0.1, -0.05) is 6.42 Å². The van der Waals surface area contributed by atoms with Gasteiger partial charge in [0, 0.05) is 49.0 Å². The predicted octanol–water partition coefficient (Wildman–Crippen LogP) is 4.12. The van der Waals surface area contributed by atoms with E-state index in [2.05, 4.69) is 10.4 Å². The molecule has 0 radical (unpaired) electrons. The molecule has 1 aliphatic carbocycles. The van der Waals surface area contributed by atoms with Crippen LogP contribution in [0.25, 0.3) is 6.08 Å². The van der Waals surface area contributed by atoms with Crippen molar-refractivity contribution < 1.29 is 14.3 Å². The summed E-state index contributed by atoms with van der Waals surface area (Å²) in [5.74, 6) is 0.770. The van der Waals surface area contributed by atoms with E-state index in [0.29, 0.717) is 11.4 Å². The molecule has 4 rings (SSSR count). The first-order valence-electron chi connectivity index (χ1n) is 9.47. The lowest BCUT2D eigenvalue weighted by atomic mass is 9.94. The van der Waals surface area contributed by atoms with Crippen molar-refractivity contribution in [1.82, 2.24) is 9.78 Å². The van der Waals surface area contributed by atoms with Gasteiger partial charge in [0.15, 0.2) is 11.5 Å². The third-order valence-corrected chi connectivity index (χ3v) is 5.38. The van der Waals surface area contributed by atoms with Gasteiger partial charge >= 0.3 is 0 Å². The fourth-order valence-electron chi connectivity index (χ4n) is 3.84. The number of carbonyl (C=O) groups is 1. The van der Waals surface area contributed by atoms with E-state index in [4.69, 9.17) is 9.47 Å². The first-order chi connectivity index (χ1) is 13.0. The highest BCUT2D eigenvalue weighted by Crippen LogP contribution is 2.46. The van der Waals surface area contributed by atoms with Crippen LogP contribution in [0.2, 0.25) is 0 Å². The minimum absolute atomic E-state index is 0.191. The number of fused-ring (bicyclic) bond motifs is 1. The van der Waals surface area contributed by atoms with Crippen LogP contribution in [0.15, 0.2) is 24.3 Å². The highest BCUT2D eigenvalue weighted by molar-refractivity contribution is 6.02. The number of rotatable bonds is 3. The zero-order valence-corrected chi connectivity index (χ0v) is 16.0. The van der Waals surface area contributed by atoms with E-state index in [-0.39, 0.29) is 5.91 Å². The molecule has 2 heterocycles. The summed E-state index contributed by atoms with van der Waals surface area (Å²) < 4.78 is 14.0. The van der Waals surface area contributed by atoms with Crippen molar-refractivity contribution in [3.05, 3.63) is 41.2 Å². The molecule has 2 aliphatic rings. The van der Waals surface area contributed by atoms with Crippen LogP contribution in [0.3, 0.4) is 0 Å². The molecule has 1 N–H and O–H groups in total. The Hall–Kier alpha value is -2.76. The van der Waals surface area contributed by atoms with E-state index in [1.807, 2.05) is 43.8 Å². The molecular formula is C21H25N3O3. The molecule has 1 aromatic carbocycles. The first-order valence-corrected chi connectivity index (χ1v) is 9.47. The van der Waals surface area contributed by atoms with Gasteiger partial charge in [-0.25, -0.2) is 0 Å². The summed E-state index contributed by atoms with van der Waals surface area (Å²) in [6.45, 7) is 3.92. The highest BCUT2D eigenvalue weighted by Gasteiger charge is 2.42. The number of ether oxygens (including phenoxy) is 2. The standard InChI is InChI=1S/C21H25N3O3/c1-14-17(15(2)24(3)23-14)8-10-20(25)22-16-7-9-18-19(13-16)27-21(26-18)11-5-4-6-12-21/h7-10,13H,4-6,11-12H2,1-3H3,(H,22,25)/b10-8+. The summed E-state index contributed by atoms with van der Waals surface area (Å²) in [7, 11) is 1.89. The lowest BCUT2D eigenvalue weighted by Crippen LogP contribution is -2.40. The van der Waals surface area contributed by atoms with Crippen LogP contribution in [0.1, 0.15) is 49.1 Å². The molecule has 1 spiro atoms. The Balaban J connectivity index is 1.44. The highest BCUT2D eigenvalue weighted by atomic mass is 16.7. The number of nitrogens with zero attached hydrogens (tertiary/aromatic N) is 2. The summed E-state index contributed by atoms with van der Waals surface area (Å²) in [6, 6.07) is 5.55. The average Bonchev–Trinajstić information content (AvgIpc) is 3.10. The number of carbonyl (C=O) groups excluding carboxylic acids is 1. The molecule has 27 heavy (non-hydrogen) atoms. The molecule has 1 fully saturated rings. The maximum absolute atomic E-state index is 12.3. The van der Waals surface area contributed by atoms with Crippen LogP contribution in [0.5, 0.6) is 11.5 Å². The smallest absolute Gasteiger partial charge is 0.251 e. The number of hydrogen-bond acceptors (Lipinski definition) is 4. The van der Waals surface area contributed by atoms with Gasteiger partial charge in [0.2, 0.25) is 5.91 Å². The number of aromatic nitrogens is 2. The van der Waals surface area contributed by atoms with E-state index in [1.54, 1.807) is 6.08 Å². The molecule has 0 atom stereocenters. The quantitative estimate of drug-likeness (QED) is 0.829. The van der Waals surface area contributed by atoms with Gasteiger partial charge in [-0.2, -0.15) is 5.10 Å². The van der Waals surface area contributed by atoms with E-state index in [1.165, 1.54) is 12.5 Å². The number of amides is 1. The van der Waals surface area contributed by atoms with Crippen LogP contribution in [0.4, 0.5) is 5.69 Å². The normalized spacial score (nSPS) is 17.6. The van der Waals surface area contributed by atoms with E-state index >= 15 is 0 Å². The molecule has 1 amide bonds. The fourth-order valence-corrected chi connectivity index (χ4v) is 3.84. The molecule has 0 bridgehead atoms. The van der Waals surface area contributed by atoms with Crippen molar-refractivity contribution in [1.29, 1.82) is 0 Å². The van der Waals surface area contributed by atoms with Crippen molar-refractivity contribution in [2.45, 2.75) is 51.7 Å². The van der Waals surface area contributed by atoms with Crippen molar-refractivity contribution in [3.8, 4) is 11.5 Å². The second-order valence-electron chi connectivity index (χ2n) is 7.37. The Morgan fingerprint density at radius 3 is 2.63 bits per heavy atom. The largest absolute Gasteiger partial charge is 0.448 e. The van der Waals surface area contributed by atoms with Crippen LogP contribution in [0, 0.1) is 13.8 Å². The molecule has 1 saturated carbocycles. The van der Waals surface area contributed by atoms with Crippen molar-refractivity contribution in [3.63, 3.8) is 0 Å². The lowest BCUT2D eigenvalue weighted by molar-refractivity contribution is -0.111. The Morgan fingerprint density at radius 1 is 1.19 bits per heavy atom. The van der Waals surface area contributed by atoms with Crippen LogP contribution in [-0.4, -0.2) is 21.5 Å². The molecule has 142 valence electrons. The summed E-state index contributed by atoms with van der Waals surface area (Å²) >= 11 is 0. The molecule has 0 saturated heterocycles. The molecule has 1 aliphatic heterocycles. The molecule has 0 unspecified atom stereocenters. The van der Waals surface area contributed by atoms with Gasteiger partial charge in [-0.05, 0) is 44.9 Å². The maximum Gasteiger partial charge on any atom is 0.251 e. The molecule has 6 nitrogen and oxygen atoms in total. The van der Waals surface area contributed by atoms with Crippen molar-refractivity contribution >= 4 is 17.7 Å². The number of hydrogen-bond donors (Lipinski definition) is 1. The van der Waals surface area contributed by atoms with E-state index in [0.717, 1.165) is 48.4 Å². The Morgan fingerprint density at radius 2 is 1.93 bits per heavy atom. The minimum Gasteiger partial charge on any atom is -0.448 e. The maximum atomic E-state index is 12.3. The SMILES string of the molecule is Cc1nn(C)c(C)c1/C=C/C(=O)Nc1ccc2c(c1)OC1(CCCCC1)O2. The number of anilines is 1. The Kier molecular flexibility index (Phi) is 4.42. The first kappa shape index (κ1) is 17.6. The topological polar surface area (TPSA) is 65.4 Å². The Labute approximate surface area is 159 Å². The fraction of sp³-hybridized carbons (Fsp3) is 0.429. The van der Waals surface area contributed by atoms with E-state index in [9.17, 15) is 4.79 Å². The Bertz CT molecular complexity index is 908. The van der Waals surface area contributed by atoms with Crippen LogP contribution >= 0.6 is 0 Å². The molecular weight excluding hydrogens is 342 g/mol. The number of aryl methyl sites for hydroxylation is 2. The average molecular weight is 367 g/mol. The summed E-state index contributed by atoms with van der Waals surface area (Å²) in [5.41, 5.74) is 3.59. The zero-order valence-electron chi connectivity index (χ0n) is 16.0. The molecule has 2 aromatic rings.